The minimum absolute atomic E-state index is 0.151. The fourth-order valence-electron chi connectivity index (χ4n) is 1.97. The van der Waals surface area contributed by atoms with Crippen LogP contribution >= 0.6 is 15.9 Å². The lowest BCUT2D eigenvalue weighted by molar-refractivity contribution is 0.108. The van der Waals surface area contributed by atoms with E-state index in [9.17, 15) is 13.5 Å². The van der Waals surface area contributed by atoms with Gasteiger partial charge in [0.15, 0.2) is 0 Å². The molecule has 0 spiro atoms. The molecule has 1 aromatic rings. The number of sulfonamides is 1. The predicted molar refractivity (Wildman–Crippen MR) is 72.6 cm³/mol. The Balaban J connectivity index is 2.32. The summed E-state index contributed by atoms with van der Waals surface area (Å²) in [5.41, 5.74) is 6.08. The molecule has 0 aromatic heterocycles. The predicted octanol–water partition coefficient (Wildman–Crippen LogP) is 1.18. The molecular weight excluding hydrogens is 320 g/mol. The van der Waals surface area contributed by atoms with Crippen molar-refractivity contribution in [3.05, 3.63) is 22.7 Å². The monoisotopic (exact) mass is 334 g/mol. The molecule has 0 radical (unpaired) electrons. The zero-order chi connectivity index (χ0) is 13.3. The fraction of sp³-hybridized carbons (Fsp3) is 0.455. The van der Waals surface area contributed by atoms with Crippen LogP contribution in [0.3, 0.4) is 0 Å². The van der Waals surface area contributed by atoms with Crippen molar-refractivity contribution >= 4 is 31.6 Å². The van der Waals surface area contributed by atoms with Gasteiger partial charge in [0.05, 0.1) is 11.0 Å². The molecule has 3 N–H and O–H groups in total. The molecule has 0 amide bonds. The Morgan fingerprint density at radius 1 is 1.44 bits per heavy atom. The van der Waals surface area contributed by atoms with E-state index in [0.29, 0.717) is 29.5 Å². The second-order valence-corrected chi connectivity index (χ2v) is 7.13. The van der Waals surface area contributed by atoms with Gasteiger partial charge in [-0.25, -0.2) is 8.42 Å². The zero-order valence-corrected chi connectivity index (χ0v) is 12.1. The fourth-order valence-corrected chi connectivity index (χ4v) is 3.77. The molecule has 7 heteroatoms. The Morgan fingerprint density at radius 2 is 2.17 bits per heavy atom. The Hall–Kier alpha value is -0.630. The number of nitrogens with zero attached hydrogens (tertiary/aromatic N) is 1. The Labute approximate surface area is 115 Å². The van der Waals surface area contributed by atoms with E-state index < -0.39 is 16.1 Å². The van der Waals surface area contributed by atoms with Gasteiger partial charge in [0.1, 0.15) is 0 Å². The maximum atomic E-state index is 12.3. The second kappa shape index (κ2) is 5.16. The lowest BCUT2D eigenvalue weighted by atomic mass is 10.1. The van der Waals surface area contributed by atoms with Crippen LogP contribution in [0.1, 0.15) is 12.8 Å². The van der Waals surface area contributed by atoms with Gasteiger partial charge in [-0.05, 0) is 47.0 Å². The number of piperidine rings is 1. The highest BCUT2D eigenvalue weighted by molar-refractivity contribution is 9.10. The number of benzene rings is 1. The van der Waals surface area contributed by atoms with Gasteiger partial charge in [-0.1, -0.05) is 0 Å². The number of nitrogens with two attached hydrogens (primary N) is 1. The minimum Gasteiger partial charge on any atom is -0.398 e. The van der Waals surface area contributed by atoms with Gasteiger partial charge in [0, 0.05) is 23.2 Å². The summed E-state index contributed by atoms with van der Waals surface area (Å²) in [5, 5.41) is 9.55. The van der Waals surface area contributed by atoms with Crippen LogP contribution in [0, 0.1) is 0 Å². The smallest absolute Gasteiger partial charge is 0.243 e. The van der Waals surface area contributed by atoms with E-state index >= 15 is 0 Å². The molecule has 1 aromatic carbocycles. The molecule has 1 aliphatic rings. The molecule has 100 valence electrons. The van der Waals surface area contributed by atoms with Crippen LogP contribution in [0.25, 0.3) is 0 Å². The summed E-state index contributed by atoms with van der Waals surface area (Å²) in [6.07, 6.45) is 0.738. The Kier molecular flexibility index (Phi) is 3.96. The van der Waals surface area contributed by atoms with Crippen LogP contribution < -0.4 is 5.73 Å². The van der Waals surface area contributed by atoms with Crippen molar-refractivity contribution in [2.75, 3.05) is 18.8 Å². The van der Waals surface area contributed by atoms with Crippen molar-refractivity contribution in [2.24, 2.45) is 0 Å². The van der Waals surface area contributed by atoms with Gasteiger partial charge >= 0.3 is 0 Å². The molecule has 1 atom stereocenters. The summed E-state index contributed by atoms with van der Waals surface area (Å²) in [5.74, 6) is 0. The normalized spacial score (nSPS) is 22.0. The van der Waals surface area contributed by atoms with Crippen molar-refractivity contribution in [2.45, 2.75) is 23.8 Å². The summed E-state index contributed by atoms with van der Waals surface area (Å²) >= 11 is 3.23. The number of hydrogen-bond donors (Lipinski definition) is 2. The molecule has 1 fully saturated rings. The largest absolute Gasteiger partial charge is 0.398 e. The minimum atomic E-state index is -3.56. The average Bonchev–Trinajstić information content (AvgIpc) is 2.32. The zero-order valence-electron chi connectivity index (χ0n) is 9.71. The molecule has 0 aliphatic carbocycles. The molecule has 0 bridgehead atoms. The maximum Gasteiger partial charge on any atom is 0.243 e. The molecule has 0 saturated carbocycles. The van der Waals surface area contributed by atoms with E-state index in [1.165, 1.54) is 16.4 Å². The Morgan fingerprint density at radius 3 is 2.78 bits per heavy atom. The van der Waals surface area contributed by atoms with Crippen LogP contribution in [-0.2, 0) is 10.0 Å². The Bertz CT molecular complexity index is 547. The van der Waals surface area contributed by atoms with Crippen molar-refractivity contribution in [1.29, 1.82) is 0 Å². The number of hydrogen-bond acceptors (Lipinski definition) is 4. The molecular formula is C11H15BrN2O3S. The lowest BCUT2D eigenvalue weighted by Crippen LogP contribution is -2.42. The highest BCUT2D eigenvalue weighted by atomic mass is 79.9. The van der Waals surface area contributed by atoms with Gasteiger partial charge in [-0.15, -0.1) is 0 Å². The van der Waals surface area contributed by atoms with Crippen LogP contribution in [0.4, 0.5) is 5.69 Å². The van der Waals surface area contributed by atoms with Gasteiger partial charge in [0.2, 0.25) is 10.0 Å². The topological polar surface area (TPSA) is 83.6 Å². The number of β-amino-alcohol motifs (C(OH)–C–C–N with tert-alkyl or cyclic N) is 1. The molecule has 18 heavy (non-hydrogen) atoms. The highest BCUT2D eigenvalue weighted by Gasteiger charge is 2.29. The van der Waals surface area contributed by atoms with Crippen LogP contribution in [-0.4, -0.2) is 37.0 Å². The summed E-state index contributed by atoms with van der Waals surface area (Å²) in [6, 6.07) is 4.56. The van der Waals surface area contributed by atoms with E-state index in [1.54, 1.807) is 6.07 Å². The van der Waals surface area contributed by atoms with Gasteiger partial charge in [-0.3, -0.25) is 0 Å². The SMILES string of the molecule is Nc1cc(S(=O)(=O)N2CCC[C@H](O)C2)ccc1Br. The van der Waals surface area contributed by atoms with Crippen molar-refractivity contribution in [1.82, 2.24) is 4.31 Å². The maximum absolute atomic E-state index is 12.3. The summed E-state index contributed by atoms with van der Waals surface area (Å²) in [4.78, 5) is 0.164. The number of nitrogen functional groups attached to an aromatic ring is 1. The van der Waals surface area contributed by atoms with Gasteiger partial charge in [0.25, 0.3) is 0 Å². The highest BCUT2D eigenvalue weighted by Crippen LogP contribution is 2.26. The summed E-state index contributed by atoms with van der Waals surface area (Å²) < 4.78 is 26.7. The molecule has 2 rings (SSSR count). The quantitative estimate of drug-likeness (QED) is 0.795. The van der Waals surface area contributed by atoms with Gasteiger partial charge < -0.3 is 10.8 Å². The third-order valence-corrected chi connectivity index (χ3v) is 5.55. The summed E-state index contributed by atoms with van der Waals surface area (Å²) in [6.45, 7) is 0.591. The number of aliphatic hydroxyl groups is 1. The summed E-state index contributed by atoms with van der Waals surface area (Å²) in [7, 11) is -3.56. The van der Waals surface area contributed by atoms with Crippen molar-refractivity contribution in [3.63, 3.8) is 0 Å². The van der Waals surface area contributed by atoms with Crippen LogP contribution in [0.2, 0.25) is 0 Å². The average molecular weight is 335 g/mol. The van der Waals surface area contributed by atoms with Gasteiger partial charge in [-0.2, -0.15) is 4.31 Å². The van der Waals surface area contributed by atoms with E-state index in [-0.39, 0.29) is 11.4 Å². The third kappa shape index (κ3) is 2.69. The molecule has 5 nitrogen and oxygen atoms in total. The first-order valence-electron chi connectivity index (χ1n) is 5.64. The first-order valence-corrected chi connectivity index (χ1v) is 7.88. The van der Waals surface area contributed by atoms with E-state index in [4.69, 9.17) is 5.73 Å². The molecule has 0 unspecified atom stereocenters. The number of rotatable bonds is 2. The third-order valence-electron chi connectivity index (χ3n) is 2.96. The van der Waals surface area contributed by atoms with Crippen LogP contribution in [0.15, 0.2) is 27.6 Å². The number of aliphatic hydroxyl groups excluding tert-OH is 1. The number of halogens is 1. The van der Waals surface area contributed by atoms with E-state index in [2.05, 4.69) is 15.9 Å². The standard InChI is InChI=1S/C11H15BrN2O3S/c12-10-4-3-9(6-11(10)13)18(16,17)14-5-1-2-8(15)7-14/h3-4,6,8,15H,1-2,5,7,13H2/t8-/m0/s1. The molecule has 1 heterocycles. The van der Waals surface area contributed by atoms with E-state index in [1.807, 2.05) is 0 Å². The molecule has 1 saturated heterocycles. The number of anilines is 1. The van der Waals surface area contributed by atoms with Crippen LogP contribution in [0.5, 0.6) is 0 Å². The lowest BCUT2D eigenvalue weighted by Gasteiger charge is -2.29. The molecule has 1 aliphatic heterocycles. The van der Waals surface area contributed by atoms with E-state index in [0.717, 1.165) is 0 Å². The first-order chi connectivity index (χ1) is 8.41. The van der Waals surface area contributed by atoms with Crippen molar-refractivity contribution < 1.29 is 13.5 Å². The first kappa shape index (κ1) is 13.8. The van der Waals surface area contributed by atoms with Crippen molar-refractivity contribution in [3.8, 4) is 0 Å². The second-order valence-electron chi connectivity index (χ2n) is 4.34.